The van der Waals surface area contributed by atoms with Gasteiger partial charge in [0.2, 0.25) is 5.75 Å². The smallest absolute Gasteiger partial charge is 0.401 e. The number of hydrogen-bond donors (Lipinski definition) is 4. The average Bonchev–Trinajstić information content (AvgIpc) is 2.40. The lowest BCUT2D eigenvalue weighted by atomic mass is 10.1. The van der Waals surface area contributed by atoms with E-state index < -0.39 is 0 Å². The molecule has 1 heterocycles. The van der Waals surface area contributed by atoms with Crippen LogP contribution in [0, 0.1) is 0 Å². The zero-order chi connectivity index (χ0) is 14.3. The fourth-order valence-electron chi connectivity index (χ4n) is 2.01. The number of phenols is 3. The number of fused-ring (bicyclic) bond motifs is 1. The minimum absolute atomic E-state index is 0. The quantitative estimate of drug-likeness (QED) is 0.482. The van der Waals surface area contributed by atoms with Crippen LogP contribution in [0.1, 0.15) is 0 Å². The summed E-state index contributed by atoms with van der Waals surface area (Å²) in [6.45, 7) is 0. The molecule has 0 saturated heterocycles. The molecule has 21 heavy (non-hydrogen) atoms. The third kappa shape index (κ3) is 2.64. The van der Waals surface area contributed by atoms with Crippen LogP contribution >= 0.6 is 0 Å². The highest BCUT2D eigenvalue weighted by atomic mass is 35.5. The number of phenolic OH excluding ortho intramolecular Hbond substituents is 3. The Kier molecular flexibility index (Phi) is 3.78. The second kappa shape index (κ2) is 5.38. The molecule has 5 nitrogen and oxygen atoms in total. The third-order valence-electron chi connectivity index (χ3n) is 2.96. The van der Waals surface area contributed by atoms with Gasteiger partial charge in [0.25, 0.3) is 0 Å². The zero-order valence-electron chi connectivity index (χ0n) is 10.6. The normalized spacial score (nSPS) is 10.3. The Bertz CT molecular complexity index is 799. The Morgan fingerprint density at radius 3 is 2.19 bits per heavy atom. The Hall–Kier alpha value is -2.66. The maximum Gasteiger partial charge on any atom is 0.401 e. The van der Waals surface area contributed by atoms with Crippen molar-refractivity contribution in [2.75, 3.05) is 0 Å². The van der Waals surface area contributed by atoms with E-state index in [0.717, 1.165) is 6.07 Å². The second-order valence-electron chi connectivity index (χ2n) is 4.38. The first-order valence-electron chi connectivity index (χ1n) is 5.86. The lowest BCUT2D eigenvalue weighted by Gasteiger charge is -1.99. The van der Waals surface area contributed by atoms with E-state index >= 15 is 0 Å². The van der Waals surface area contributed by atoms with Gasteiger partial charge < -0.3 is 32.8 Å². The molecule has 6 heteroatoms. The van der Waals surface area contributed by atoms with Crippen molar-refractivity contribution in [3.05, 3.63) is 42.5 Å². The Morgan fingerprint density at radius 1 is 0.857 bits per heavy atom. The van der Waals surface area contributed by atoms with Gasteiger partial charge in [0.05, 0.1) is 11.6 Å². The molecule has 108 valence electrons. The van der Waals surface area contributed by atoms with E-state index in [4.69, 9.17) is 4.42 Å². The number of hydrogen-bond acceptors (Lipinski definition) is 4. The minimum atomic E-state index is -0.184. The van der Waals surface area contributed by atoms with Gasteiger partial charge in [0.15, 0.2) is 0 Å². The summed E-state index contributed by atoms with van der Waals surface area (Å²) < 4.78 is 5.53. The van der Waals surface area contributed by atoms with E-state index in [1.807, 2.05) is 0 Å². The van der Waals surface area contributed by atoms with Crippen molar-refractivity contribution in [1.82, 2.24) is 0 Å². The summed E-state index contributed by atoms with van der Waals surface area (Å²) in [7, 11) is 0. The van der Waals surface area contributed by atoms with Crippen LogP contribution in [0.3, 0.4) is 0 Å². The van der Waals surface area contributed by atoms with Crippen molar-refractivity contribution < 1.29 is 37.3 Å². The highest BCUT2D eigenvalue weighted by molar-refractivity contribution is 5.88. The fourth-order valence-corrected chi connectivity index (χ4v) is 2.01. The minimum Gasteiger partial charge on any atom is -1.00 e. The Labute approximate surface area is 125 Å². The van der Waals surface area contributed by atoms with Crippen molar-refractivity contribution in [1.29, 1.82) is 0 Å². The van der Waals surface area contributed by atoms with Crippen LogP contribution in [0.2, 0.25) is 0 Å². The molecular weight excluding hydrogens is 298 g/mol. The Balaban J connectivity index is 0.00000161. The van der Waals surface area contributed by atoms with Crippen LogP contribution < -0.4 is 12.4 Å². The molecule has 0 saturated carbocycles. The highest BCUT2D eigenvalue weighted by Gasteiger charge is 2.23. The fraction of sp³-hybridized carbons (Fsp3) is 0. The number of rotatable bonds is 1. The van der Waals surface area contributed by atoms with Gasteiger partial charge in [-0.2, -0.15) is 0 Å². The van der Waals surface area contributed by atoms with Crippen LogP contribution in [-0.2, 0) is 0 Å². The van der Waals surface area contributed by atoms with Gasteiger partial charge in [-0.25, -0.2) is 4.42 Å². The van der Waals surface area contributed by atoms with E-state index in [0.29, 0.717) is 10.9 Å². The van der Waals surface area contributed by atoms with Crippen molar-refractivity contribution >= 4 is 11.0 Å². The average molecular weight is 309 g/mol. The first-order valence-corrected chi connectivity index (χ1v) is 5.86. The predicted octanol–water partition coefficient (Wildman–Crippen LogP) is 0.207. The number of aromatic hydroxyl groups is 4. The van der Waals surface area contributed by atoms with Gasteiger partial charge in [-0.05, 0) is 24.3 Å². The SMILES string of the molecule is Oc1ccc(-c2[o+]c3cc(O)cc(O)c3[14cH]c2O)cc1.[Cl-]. The molecule has 0 aliphatic heterocycles. The van der Waals surface area contributed by atoms with Gasteiger partial charge in [-0.3, -0.25) is 0 Å². The standard InChI is InChI=1S/C15H10O5.ClH/c16-9-3-1-8(2-4-9)15-13(19)7-11-12(18)5-10(17)6-14(11)20-15;/h1-7H,(H3-,16,17,18,19);1H/i7+2;. The summed E-state index contributed by atoms with van der Waals surface area (Å²) in [6, 6.07) is 9.97. The monoisotopic (exact) mass is 308 g/mol. The number of benzene rings is 2. The van der Waals surface area contributed by atoms with Gasteiger partial charge in [-0.1, -0.05) is 0 Å². The molecule has 1 aromatic heterocycles. The van der Waals surface area contributed by atoms with Crippen molar-refractivity contribution in [2.45, 2.75) is 0 Å². The lowest BCUT2D eigenvalue weighted by molar-refractivity contribution is -0.00000851. The highest BCUT2D eigenvalue weighted by Crippen LogP contribution is 2.38. The van der Waals surface area contributed by atoms with Gasteiger partial charge in [0.1, 0.15) is 22.6 Å². The first kappa shape index (κ1) is 14.7. The molecule has 0 fully saturated rings. The number of halogens is 1. The van der Waals surface area contributed by atoms with Crippen LogP contribution in [0.15, 0.2) is 46.9 Å². The molecule has 2 aromatic carbocycles. The molecular formula is C15H11ClO5. The van der Waals surface area contributed by atoms with E-state index in [2.05, 4.69) is 0 Å². The largest absolute Gasteiger partial charge is 1.00 e. The van der Waals surface area contributed by atoms with E-state index in [1.165, 1.54) is 24.3 Å². The second-order valence-corrected chi connectivity index (χ2v) is 4.38. The van der Waals surface area contributed by atoms with Gasteiger partial charge in [0, 0.05) is 12.1 Å². The zero-order valence-corrected chi connectivity index (χ0v) is 11.4. The molecule has 0 unspecified atom stereocenters. The summed E-state index contributed by atoms with van der Waals surface area (Å²) in [5.74, 6) is -0.187. The molecule has 0 aliphatic rings. The molecule has 3 aromatic rings. The molecule has 3 rings (SSSR count). The van der Waals surface area contributed by atoms with Crippen LogP contribution in [0.5, 0.6) is 23.0 Å². The van der Waals surface area contributed by atoms with Crippen LogP contribution in [0.25, 0.3) is 22.3 Å². The van der Waals surface area contributed by atoms with Crippen molar-refractivity contribution in [3.63, 3.8) is 0 Å². The van der Waals surface area contributed by atoms with Crippen molar-refractivity contribution in [3.8, 4) is 34.3 Å². The molecule has 0 aliphatic carbocycles. The van der Waals surface area contributed by atoms with Crippen LogP contribution in [0.4, 0.5) is 0 Å². The molecule has 4 N–H and O–H groups in total. The molecule has 0 bridgehead atoms. The van der Waals surface area contributed by atoms with Crippen LogP contribution in [-0.4, -0.2) is 20.4 Å². The topological polar surface area (TPSA) is 92.2 Å². The van der Waals surface area contributed by atoms with E-state index in [-0.39, 0.29) is 46.7 Å². The molecule has 0 spiro atoms. The lowest BCUT2D eigenvalue weighted by Crippen LogP contribution is -3.00. The molecule has 0 atom stereocenters. The van der Waals surface area contributed by atoms with Gasteiger partial charge >= 0.3 is 11.3 Å². The summed E-state index contributed by atoms with van der Waals surface area (Å²) >= 11 is 0. The third-order valence-corrected chi connectivity index (χ3v) is 2.96. The maximum absolute atomic E-state index is 10.00. The summed E-state index contributed by atoms with van der Waals surface area (Å²) in [5.41, 5.74) is 0.799. The summed E-state index contributed by atoms with van der Waals surface area (Å²) in [5, 5.41) is 38.7. The Morgan fingerprint density at radius 2 is 1.52 bits per heavy atom. The predicted molar refractivity (Wildman–Crippen MR) is 72.7 cm³/mol. The summed E-state index contributed by atoms with van der Waals surface area (Å²) in [6.07, 6.45) is 0. The van der Waals surface area contributed by atoms with Crippen molar-refractivity contribution in [2.24, 2.45) is 0 Å². The molecule has 0 radical (unpaired) electrons. The van der Waals surface area contributed by atoms with E-state index in [9.17, 15) is 20.4 Å². The molecule has 0 amide bonds. The van der Waals surface area contributed by atoms with E-state index in [1.54, 1.807) is 12.1 Å². The van der Waals surface area contributed by atoms with Gasteiger partial charge in [-0.15, -0.1) is 0 Å². The first-order chi connectivity index (χ1) is 9.54. The maximum atomic E-state index is 10.00. The summed E-state index contributed by atoms with van der Waals surface area (Å²) in [4.78, 5) is 0.